The molecule has 2 aromatic heterocycles. The molecular formula is C16H12BrCl2N3O. The Morgan fingerprint density at radius 1 is 1.22 bits per heavy atom. The van der Waals surface area contributed by atoms with E-state index in [1.54, 1.807) is 28.8 Å². The van der Waals surface area contributed by atoms with Gasteiger partial charge in [-0.15, -0.1) is 0 Å². The lowest BCUT2D eigenvalue weighted by Crippen LogP contribution is -2.25. The number of hydrogen-bond donors (Lipinski definition) is 1. The molecule has 0 bridgehead atoms. The molecule has 0 saturated carbocycles. The Morgan fingerprint density at radius 3 is 2.70 bits per heavy atom. The highest BCUT2D eigenvalue weighted by molar-refractivity contribution is 9.10. The number of amides is 1. The van der Waals surface area contributed by atoms with E-state index in [1.165, 1.54) is 0 Å². The first-order valence-electron chi connectivity index (χ1n) is 6.89. The van der Waals surface area contributed by atoms with Crippen LogP contribution in [0.4, 0.5) is 0 Å². The van der Waals surface area contributed by atoms with Gasteiger partial charge in [-0.25, -0.2) is 4.98 Å². The normalized spacial score (nSPS) is 10.9. The van der Waals surface area contributed by atoms with E-state index in [4.69, 9.17) is 23.2 Å². The number of hydrogen-bond acceptors (Lipinski definition) is 2. The SMILES string of the molecule is O=C(NCCc1cn2cc(Cl)cc(Cl)c2n1)c1ccc(Br)cc1. The fourth-order valence-corrected chi connectivity index (χ4v) is 2.99. The first-order chi connectivity index (χ1) is 11.0. The summed E-state index contributed by atoms with van der Waals surface area (Å²) in [4.78, 5) is 16.5. The molecule has 4 nitrogen and oxygen atoms in total. The number of carbonyl (C=O) groups excluding carboxylic acids is 1. The third-order valence-corrected chi connectivity index (χ3v) is 4.31. The molecule has 0 atom stereocenters. The fraction of sp³-hybridized carbons (Fsp3) is 0.125. The molecule has 0 saturated heterocycles. The molecule has 0 radical (unpaired) electrons. The van der Waals surface area contributed by atoms with Gasteiger partial charge in [0.1, 0.15) is 0 Å². The summed E-state index contributed by atoms with van der Waals surface area (Å²) in [5, 5.41) is 3.93. The average molecular weight is 413 g/mol. The van der Waals surface area contributed by atoms with Crippen molar-refractivity contribution in [3.63, 3.8) is 0 Å². The van der Waals surface area contributed by atoms with Crippen LogP contribution >= 0.6 is 39.1 Å². The summed E-state index contributed by atoms with van der Waals surface area (Å²) in [6.07, 6.45) is 4.22. The number of imidazole rings is 1. The van der Waals surface area contributed by atoms with Gasteiger partial charge < -0.3 is 9.72 Å². The Bertz CT molecular complexity index is 862. The molecule has 118 valence electrons. The monoisotopic (exact) mass is 411 g/mol. The first kappa shape index (κ1) is 16.3. The van der Waals surface area contributed by atoms with Gasteiger partial charge in [-0.3, -0.25) is 4.79 Å². The Balaban J connectivity index is 1.63. The van der Waals surface area contributed by atoms with Crippen LogP contribution in [-0.4, -0.2) is 21.8 Å². The number of carbonyl (C=O) groups is 1. The molecule has 7 heteroatoms. The van der Waals surface area contributed by atoms with Crippen LogP contribution < -0.4 is 5.32 Å². The molecule has 3 aromatic rings. The van der Waals surface area contributed by atoms with Crippen LogP contribution in [0.5, 0.6) is 0 Å². The smallest absolute Gasteiger partial charge is 0.251 e. The van der Waals surface area contributed by atoms with Gasteiger partial charge in [-0.05, 0) is 30.3 Å². The second-order valence-corrected chi connectivity index (χ2v) is 6.74. The molecule has 0 aliphatic rings. The molecule has 3 rings (SSSR count). The maximum Gasteiger partial charge on any atom is 0.251 e. The number of nitrogens with zero attached hydrogens (tertiary/aromatic N) is 2. The van der Waals surface area contributed by atoms with Crippen molar-refractivity contribution in [1.29, 1.82) is 0 Å². The predicted molar refractivity (Wildman–Crippen MR) is 95.4 cm³/mol. The van der Waals surface area contributed by atoms with Crippen molar-refractivity contribution in [2.45, 2.75) is 6.42 Å². The molecule has 0 aliphatic carbocycles. The van der Waals surface area contributed by atoms with E-state index < -0.39 is 0 Å². The molecule has 23 heavy (non-hydrogen) atoms. The second-order valence-electron chi connectivity index (χ2n) is 4.98. The standard InChI is InChI=1S/C16H12BrCl2N3O/c17-11-3-1-10(2-4-11)16(23)20-6-5-13-9-22-8-12(18)7-14(19)15(22)21-13/h1-4,7-9H,5-6H2,(H,20,23). The van der Waals surface area contributed by atoms with Gasteiger partial charge in [0.25, 0.3) is 5.91 Å². The van der Waals surface area contributed by atoms with Gasteiger partial charge in [0.15, 0.2) is 5.65 Å². The van der Waals surface area contributed by atoms with Crippen molar-refractivity contribution in [2.75, 3.05) is 6.54 Å². The Labute approximate surface area is 151 Å². The number of benzene rings is 1. The van der Waals surface area contributed by atoms with Crippen molar-refractivity contribution >= 4 is 50.7 Å². The number of rotatable bonds is 4. The van der Waals surface area contributed by atoms with Gasteiger partial charge in [0.2, 0.25) is 0 Å². The van der Waals surface area contributed by atoms with Crippen molar-refractivity contribution in [3.8, 4) is 0 Å². The van der Waals surface area contributed by atoms with Crippen molar-refractivity contribution in [1.82, 2.24) is 14.7 Å². The Morgan fingerprint density at radius 2 is 1.96 bits per heavy atom. The summed E-state index contributed by atoms with van der Waals surface area (Å²) in [7, 11) is 0. The number of aromatic nitrogens is 2. The maximum absolute atomic E-state index is 12.0. The minimum Gasteiger partial charge on any atom is -0.352 e. The molecule has 1 N–H and O–H groups in total. The molecular weight excluding hydrogens is 401 g/mol. The predicted octanol–water partition coefficient (Wildman–Crippen LogP) is 4.38. The van der Waals surface area contributed by atoms with E-state index in [0.717, 1.165) is 10.2 Å². The zero-order valence-electron chi connectivity index (χ0n) is 11.9. The van der Waals surface area contributed by atoms with Crippen LogP contribution in [-0.2, 0) is 6.42 Å². The van der Waals surface area contributed by atoms with Gasteiger partial charge in [-0.2, -0.15) is 0 Å². The maximum atomic E-state index is 12.0. The van der Waals surface area contributed by atoms with Crippen LogP contribution in [0.1, 0.15) is 16.1 Å². The second kappa shape index (κ2) is 6.91. The minimum atomic E-state index is -0.109. The summed E-state index contributed by atoms with van der Waals surface area (Å²) in [6, 6.07) is 8.87. The van der Waals surface area contributed by atoms with Crippen LogP contribution in [0.3, 0.4) is 0 Å². The van der Waals surface area contributed by atoms with E-state index in [-0.39, 0.29) is 5.91 Å². The quantitative estimate of drug-likeness (QED) is 0.691. The van der Waals surface area contributed by atoms with Crippen LogP contribution in [0.2, 0.25) is 10.0 Å². The van der Waals surface area contributed by atoms with Gasteiger partial charge >= 0.3 is 0 Å². The summed E-state index contributed by atoms with van der Waals surface area (Å²) in [5.74, 6) is -0.109. The zero-order chi connectivity index (χ0) is 16.4. The molecule has 0 aliphatic heterocycles. The number of halogens is 3. The Kier molecular flexibility index (Phi) is 4.90. The number of pyridine rings is 1. The summed E-state index contributed by atoms with van der Waals surface area (Å²) >= 11 is 15.4. The summed E-state index contributed by atoms with van der Waals surface area (Å²) in [5.41, 5.74) is 2.12. The lowest BCUT2D eigenvalue weighted by Gasteiger charge is -2.04. The molecule has 0 fully saturated rings. The largest absolute Gasteiger partial charge is 0.352 e. The number of nitrogens with one attached hydrogen (secondary N) is 1. The van der Waals surface area contributed by atoms with E-state index in [1.807, 2.05) is 18.3 Å². The fourth-order valence-electron chi connectivity index (χ4n) is 2.20. The number of fused-ring (bicyclic) bond motifs is 1. The van der Waals surface area contributed by atoms with Crippen molar-refractivity contribution in [3.05, 3.63) is 68.5 Å². The highest BCUT2D eigenvalue weighted by Crippen LogP contribution is 2.21. The van der Waals surface area contributed by atoms with Crippen LogP contribution in [0.15, 0.2) is 47.2 Å². The van der Waals surface area contributed by atoms with E-state index >= 15 is 0 Å². The van der Waals surface area contributed by atoms with Gasteiger partial charge in [0, 0.05) is 35.4 Å². The van der Waals surface area contributed by atoms with E-state index in [0.29, 0.717) is 34.2 Å². The summed E-state index contributed by atoms with van der Waals surface area (Å²) < 4.78 is 2.73. The average Bonchev–Trinajstić information content (AvgIpc) is 2.91. The highest BCUT2D eigenvalue weighted by atomic mass is 79.9. The van der Waals surface area contributed by atoms with Gasteiger partial charge in [-0.1, -0.05) is 39.1 Å². The molecule has 2 heterocycles. The van der Waals surface area contributed by atoms with Crippen molar-refractivity contribution in [2.24, 2.45) is 0 Å². The molecule has 1 aromatic carbocycles. The topological polar surface area (TPSA) is 46.4 Å². The zero-order valence-corrected chi connectivity index (χ0v) is 15.0. The first-order valence-corrected chi connectivity index (χ1v) is 8.44. The third kappa shape index (κ3) is 3.86. The van der Waals surface area contributed by atoms with Crippen molar-refractivity contribution < 1.29 is 4.79 Å². The molecule has 0 spiro atoms. The lowest BCUT2D eigenvalue weighted by atomic mass is 10.2. The van der Waals surface area contributed by atoms with Crippen LogP contribution in [0.25, 0.3) is 5.65 Å². The molecule has 1 amide bonds. The minimum absolute atomic E-state index is 0.109. The highest BCUT2D eigenvalue weighted by Gasteiger charge is 2.08. The lowest BCUT2D eigenvalue weighted by molar-refractivity contribution is 0.0954. The summed E-state index contributed by atoms with van der Waals surface area (Å²) in [6.45, 7) is 0.490. The van der Waals surface area contributed by atoms with Gasteiger partial charge in [0.05, 0.1) is 15.7 Å². The Hall–Kier alpha value is -1.56. The van der Waals surface area contributed by atoms with E-state index in [9.17, 15) is 4.79 Å². The van der Waals surface area contributed by atoms with E-state index in [2.05, 4.69) is 26.2 Å². The molecule has 0 unspecified atom stereocenters. The van der Waals surface area contributed by atoms with Crippen LogP contribution in [0, 0.1) is 0 Å². The third-order valence-electron chi connectivity index (χ3n) is 3.30.